The summed E-state index contributed by atoms with van der Waals surface area (Å²) in [6.07, 6.45) is 3.18. The summed E-state index contributed by atoms with van der Waals surface area (Å²) in [5, 5.41) is -0.00417. The third-order valence-electron chi connectivity index (χ3n) is 2.69. The first-order valence-corrected chi connectivity index (χ1v) is 6.87. The van der Waals surface area contributed by atoms with Gasteiger partial charge in [0, 0.05) is 20.2 Å². The monoisotopic (exact) mass is 260 g/mol. The molecule has 0 bridgehead atoms. The van der Waals surface area contributed by atoms with Gasteiger partial charge in [-0.1, -0.05) is 0 Å². The molecule has 3 N–H and O–H groups in total. The van der Waals surface area contributed by atoms with E-state index in [9.17, 15) is 8.42 Å². The SMILES string of the molecule is Cn1cnc(N)c1S(=O)(=O)NCC1CCCO1. The molecule has 1 aromatic rings. The number of nitrogens with one attached hydrogen (secondary N) is 1. The van der Waals surface area contributed by atoms with E-state index >= 15 is 0 Å². The number of aryl methyl sites for hydroxylation is 1. The summed E-state index contributed by atoms with van der Waals surface area (Å²) in [5.74, 6) is 0.00680. The molecule has 0 radical (unpaired) electrons. The summed E-state index contributed by atoms with van der Waals surface area (Å²) in [4.78, 5) is 3.75. The highest BCUT2D eigenvalue weighted by Gasteiger charge is 2.24. The number of nitrogen functional groups attached to an aromatic ring is 1. The van der Waals surface area contributed by atoms with Gasteiger partial charge in [-0.25, -0.2) is 18.1 Å². The Kier molecular flexibility index (Phi) is 3.36. The second kappa shape index (κ2) is 4.63. The van der Waals surface area contributed by atoms with E-state index in [1.165, 1.54) is 10.9 Å². The second-order valence-corrected chi connectivity index (χ2v) is 5.72. The van der Waals surface area contributed by atoms with Gasteiger partial charge in [0.1, 0.15) is 0 Å². The maximum absolute atomic E-state index is 12.0. The Morgan fingerprint density at radius 1 is 1.71 bits per heavy atom. The topological polar surface area (TPSA) is 99.2 Å². The van der Waals surface area contributed by atoms with Gasteiger partial charge in [-0.2, -0.15) is 0 Å². The summed E-state index contributed by atoms with van der Waals surface area (Å²) in [5.41, 5.74) is 5.53. The third kappa shape index (κ3) is 2.59. The van der Waals surface area contributed by atoms with Crippen molar-refractivity contribution in [1.29, 1.82) is 0 Å². The zero-order chi connectivity index (χ0) is 12.5. The fourth-order valence-electron chi connectivity index (χ4n) is 1.84. The standard InChI is InChI=1S/C9H16N4O3S/c1-13-6-11-8(10)9(13)17(14,15)12-5-7-3-2-4-16-7/h6-7,12H,2-5,10H2,1H3. The van der Waals surface area contributed by atoms with Crippen LogP contribution in [0.25, 0.3) is 0 Å². The van der Waals surface area contributed by atoms with Crippen LogP contribution in [-0.2, 0) is 21.8 Å². The molecule has 17 heavy (non-hydrogen) atoms. The first-order chi connectivity index (χ1) is 8.00. The third-order valence-corrected chi connectivity index (χ3v) is 4.24. The molecule has 2 rings (SSSR count). The molecule has 0 aromatic carbocycles. The van der Waals surface area contributed by atoms with E-state index in [-0.39, 0.29) is 23.5 Å². The lowest BCUT2D eigenvalue weighted by Crippen LogP contribution is -2.33. The molecule has 1 aliphatic heterocycles. The molecule has 7 nitrogen and oxygen atoms in total. The number of rotatable bonds is 4. The van der Waals surface area contributed by atoms with Crippen LogP contribution in [0, 0.1) is 0 Å². The van der Waals surface area contributed by atoms with Crippen LogP contribution in [0.1, 0.15) is 12.8 Å². The molecule has 1 aliphatic rings. The number of nitrogens with zero attached hydrogens (tertiary/aromatic N) is 2. The highest BCUT2D eigenvalue weighted by atomic mass is 32.2. The Balaban J connectivity index is 2.08. The first kappa shape index (κ1) is 12.3. The van der Waals surface area contributed by atoms with E-state index in [0.717, 1.165) is 12.8 Å². The van der Waals surface area contributed by atoms with E-state index in [4.69, 9.17) is 10.5 Å². The molecule has 2 heterocycles. The molecule has 0 aliphatic carbocycles. The molecule has 1 saturated heterocycles. The van der Waals surface area contributed by atoms with Crippen molar-refractivity contribution in [2.24, 2.45) is 7.05 Å². The highest BCUT2D eigenvalue weighted by Crippen LogP contribution is 2.16. The molecule has 1 atom stereocenters. The van der Waals surface area contributed by atoms with Crippen molar-refractivity contribution in [3.63, 3.8) is 0 Å². The lowest BCUT2D eigenvalue weighted by Gasteiger charge is -2.11. The molecule has 0 saturated carbocycles. The van der Waals surface area contributed by atoms with Crippen LogP contribution in [0.15, 0.2) is 11.4 Å². The minimum Gasteiger partial charge on any atom is -0.381 e. The van der Waals surface area contributed by atoms with Gasteiger partial charge in [-0.05, 0) is 12.8 Å². The quantitative estimate of drug-likeness (QED) is 0.757. The number of sulfonamides is 1. The summed E-state index contributed by atoms with van der Waals surface area (Å²) >= 11 is 0. The zero-order valence-corrected chi connectivity index (χ0v) is 10.4. The molecular weight excluding hydrogens is 244 g/mol. The van der Waals surface area contributed by atoms with E-state index in [1.54, 1.807) is 7.05 Å². The maximum Gasteiger partial charge on any atom is 0.260 e. The van der Waals surface area contributed by atoms with Crippen molar-refractivity contribution < 1.29 is 13.2 Å². The van der Waals surface area contributed by atoms with Crippen molar-refractivity contribution in [2.45, 2.75) is 24.0 Å². The Morgan fingerprint density at radius 3 is 3.00 bits per heavy atom. The van der Waals surface area contributed by atoms with Crippen molar-refractivity contribution >= 4 is 15.8 Å². The van der Waals surface area contributed by atoms with E-state index < -0.39 is 10.0 Å². The lowest BCUT2D eigenvalue weighted by atomic mass is 10.2. The van der Waals surface area contributed by atoms with Crippen LogP contribution in [-0.4, -0.2) is 37.2 Å². The molecule has 0 amide bonds. The number of ether oxygens (including phenoxy) is 1. The van der Waals surface area contributed by atoms with Crippen molar-refractivity contribution in [3.05, 3.63) is 6.33 Å². The maximum atomic E-state index is 12.0. The summed E-state index contributed by atoms with van der Waals surface area (Å²) in [6, 6.07) is 0. The van der Waals surface area contributed by atoms with Gasteiger partial charge in [0.05, 0.1) is 12.4 Å². The van der Waals surface area contributed by atoms with E-state index in [0.29, 0.717) is 6.61 Å². The molecular formula is C9H16N4O3S. The predicted molar refractivity (Wildman–Crippen MR) is 61.8 cm³/mol. The van der Waals surface area contributed by atoms with Gasteiger partial charge in [0.15, 0.2) is 10.8 Å². The fourth-order valence-corrected chi connectivity index (χ4v) is 3.14. The largest absolute Gasteiger partial charge is 0.381 e. The van der Waals surface area contributed by atoms with Crippen LogP contribution >= 0.6 is 0 Å². The number of nitrogens with two attached hydrogens (primary N) is 1. The van der Waals surface area contributed by atoms with Crippen molar-refractivity contribution in [3.8, 4) is 0 Å². The zero-order valence-electron chi connectivity index (χ0n) is 9.59. The number of anilines is 1. The normalized spacial score (nSPS) is 20.9. The van der Waals surface area contributed by atoms with Gasteiger partial charge in [0.2, 0.25) is 0 Å². The minimum atomic E-state index is -3.62. The molecule has 1 unspecified atom stereocenters. The van der Waals surface area contributed by atoms with Gasteiger partial charge in [-0.15, -0.1) is 0 Å². The molecule has 1 aromatic heterocycles. The van der Waals surface area contributed by atoms with E-state index in [1.807, 2.05) is 0 Å². The Labute approximate surface area is 100 Å². The molecule has 8 heteroatoms. The summed E-state index contributed by atoms with van der Waals surface area (Å²) in [7, 11) is -2.03. The number of aromatic nitrogens is 2. The number of hydrogen-bond donors (Lipinski definition) is 2. The number of imidazole rings is 1. The summed E-state index contributed by atoms with van der Waals surface area (Å²) < 4.78 is 33.2. The van der Waals surface area contributed by atoms with Crippen molar-refractivity contribution in [2.75, 3.05) is 18.9 Å². The molecule has 1 fully saturated rings. The Hall–Kier alpha value is -1.12. The predicted octanol–water partition coefficient (Wildman–Crippen LogP) is -0.540. The van der Waals surface area contributed by atoms with Crippen LogP contribution < -0.4 is 10.5 Å². The minimum absolute atomic E-state index is 0.00417. The smallest absolute Gasteiger partial charge is 0.260 e. The highest BCUT2D eigenvalue weighted by molar-refractivity contribution is 7.89. The Bertz CT molecular complexity index is 471. The van der Waals surface area contributed by atoms with Crippen molar-refractivity contribution in [1.82, 2.24) is 14.3 Å². The number of hydrogen-bond acceptors (Lipinski definition) is 5. The summed E-state index contributed by atoms with van der Waals surface area (Å²) in [6.45, 7) is 0.965. The average molecular weight is 260 g/mol. The Morgan fingerprint density at radius 2 is 2.47 bits per heavy atom. The van der Waals surface area contributed by atoms with E-state index in [2.05, 4.69) is 9.71 Å². The van der Waals surface area contributed by atoms with Crippen LogP contribution in [0.5, 0.6) is 0 Å². The fraction of sp³-hybridized carbons (Fsp3) is 0.667. The van der Waals surface area contributed by atoms with Gasteiger partial charge >= 0.3 is 0 Å². The molecule has 96 valence electrons. The van der Waals surface area contributed by atoms with Crippen LogP contribution in [0.2, 0.25) is 0 Å². The second-order valence-electron chi connectivity index (χ2n) is 4.03. The lowest BCUT2D eigenvalue weighted by molar-refractivity contribution is 0.114. The van der Waals surface area contributed by atoms with Crippen LogP contribution in [0.4, 0.5) is 5.82 Å². The van der Waals surface area contributed by atoms with Gasteiger partial charge in [-0.3, -0.25) is 0 Å². The average Bonchev–Trinajstić information content (AvgIpc) is 2.86. The van der Waals surface area contributed by atoms with Gasteiger partial charge < -0.3 is 15.0 Å². The van der Waals surface area contributed by atoms with Crippen LogP contribution in [0.3, 0.4) is 0 Å². The first-order valence-electron chi connectivity index (χ1n) is 5.39. The van der Waals surface area contributed by atoms with Gasteiger partial charge in [0.25, 0.3) is 10.0 Å². The molecule has 0 spiro atoms.